The molecule has 1 N–H and O–H groups in total. The van der Waals surface area contributed by atoms with Crippen molar-refractivity contribution in [2.75, 3.05) is 33.4 Å². The quantitative estimate of drug-likeness (QED) is 0.900. The van der Waals surface area contributed by atoms with Crippen LogP contribution in [0.25, 0.3) is 0 Å². The molecule has 1 aliphatic heterocycles. The Balaban J connectivity index is 1.84. The maximum atomic E-state index is 12.4. The second kappa shape index (κ2) is 8.26. The molecule has 2 heterocycles. The largest absolute Gasteiger partial charge is 0.379 e. The van der Waals surface area contributed by atoms with E-state index in [9.17, 15) is 4.79 Å². The van der Waals surface area contributed by atoms with Crippen LogP contribution in [0, 0.1) is 0 Å². The zero-order chi connectivity index (χ0) is 16.8. The van der Waals surface area contributed by atoms with Crippen molar-refractivity contribution in [2.45, 2.75) is 38.9 Å². The Labute approximate surface area is 138 Å². The second-order valence-corrected chi connectivity index (χ2v) is 6.26. The predicted molar refractivity (Wildman–Crippen MR) is 90.3 cm³/mol. The lowest BCUT2D eigenvalue weighted by molar-refractivity contribution is -0.0178. The lowest BCUT2D eigenvalue weighted by atomic mass is 10.1. The van der Waals surface area contributed by atoms with Gasteiger partial charge in [-0.1, -0.05) is 0 Å². The summed E-state index contributed by atoms with van der Waals surface area (Å²) in [5, 5.41) is 3.04. The Kier molecular flexibility index (Phi) is 6.36. The molecule has 0 spiro atoms. The van der Waals surface area contributed by atoms with Gasteiger partial charge in [-0.2, -0.15) is 0 Å². The van der Waals surface area contributed by atoms with Gasteiger partial charge in [-0.05, 0) is 38.5 Å². The molecule has 6 nitrogen and oxygen atoms in total. The number of amides is 2. The number of nitrogens with one attached hydrogen (secondary N) is 1. The maximum absolute atomic E-state index is 12.4. The third kappa shape index (κ3) is 4.65. The van der Waals surface area contributed by atoms with Crippen molar-refractivity contribution >= 4 is 6.03 Å². The smallest absolute Gasteiger partial charge is 0.317 e. The lowest BCUT2D eigenvalue weighted by Gasteiger charge is -2.38. The number of carbonyl (C=O) groups is 1. The van der Waals surface area contributed by atoms with E-state index >= 15 is 0 Å². The SMILES string of the molecule is C[C@H](c1ccncc1)N(C)C(=O)NC[C@@H](C)N1CCOC[C@@H]1C. The van der Waals surface area contributed by atoms with Crippen LogP contribution < -0.4 is 5.32 Å². The average Bonchev–Trinajstić information content (AvgIpc) is 2.59. The Morgan fingerprint density at radius 2 is 2.17 bits per heavy atom. The summed E-state index contributed by atoms with van der Waals surface area (Å²) in [6.07, 6.45) is 3.50. The fraction of sp³-hybridized carbons (Fsp3) is 0.647. The number of pyridine rings is 1. The van der Waals surface area contributed by atoms with Gasteiger partial charge in [-0.3, -0.25) is 9.88 Å². The molecule has 2 amide bonds. The van der Waals surface area contributed by atoms with E-state index in [1.807, 2.05) is 26.1 Å². The average molecular weight is 320 g/mol. The van der Waals surface area contributed by atoms with Gasteiger partial charge in [0.15, 0.2) is 0 Å². The number of nitrogens with zero attached hydrogens (tertiary/aromatic N) is 3. The van der Waals surface area contributed by atoms with E-state index in [0.717, 1.165) is 25.3 Å². The predicted octanol–water partition coefficient (Wildman–Crippen LogP) is 1.89. The molecule has 1 aromatic heterocycles. The van der Waals surface area contributed by atoms with Gasteiger partial charge in [0.05, 0.1) is 19.3 Å². The van der Waals surface area contributed by atoms with E-state index in [4.69, 9.17) is 4.74 Å². The van der Waals surface area contributed by atoms with E-state index in [1.165, 1.54) is 0 Å². The van der Waals surface area contributed by atoms with Crippen LogP contribution in [0.2, 0.25) is 0 Å². The van der Waals surface area contributed by atoms with Crippen LogP contribution in [-0.4, -0.2) is 66.2 Å². The molecule has 0 radical (unpaired) electrons. The molecule has 23 heavy (non-hydrogen) atoms. The first kappa shape index (κ1) is 17.7. The number of hydrogen-bond acceptors (Lipinski definition) is 4. The van der Waals surface area contributed by atoms with Crippen molar-refractivity contribution in [3.05, 3.63) is 30.1 Å². The van der Waals surface area contributed by atoms with Crippen molar-refractivity contribution in [2.24, 2.45) is 0 Å². The first-order valence-corrected chi connectivity index (χ1v) is 8.24. The molecular formula is C17H28N4O2. The fourth-order valence-corrected chi connectivity index (χ4v) is 2.91. The molecule has 1 aliphatic rings. The third-order valence-electron chi connectivity index (χ3n) is 4.62. The van der Waals surface area contributed by atoms with Crippen molar-refractivity contribution in [1.29, 1.82) is 0 Å². The standard InChI is InChI=1S/C17H28N4O2/c1-13(21-9-10-23-12-14(21)2)11-19-17(22)20(4)15(3)16-5-7-18-8-6-16/h5-8,13-15H,9-12H2,1-4H3,(H,19,22)/t13-,14+,15-/m1/s1. The number of urea groups is 1. The maximum Gasteiger partial charge on any atom is 0.317 e. The van der Waals surface area contributed by atoms with E-state index in [2.05, 4.69) is 29.0 Å². The summed E-state index contributed by atoms with van der Waals surface area (Å²) < 4.78 is 5.46. The van der Waals surface area contributed by atoms with Crippen LogP contribution in [0.3, 0.4) is 0 Å². The van der Waals surface area contributed by atoms with Crippen molar-refractivity contribution in [1.82, 2.24) is 20.1 Å². The number of rotatable bonds is 5. The van der Waals surface area contributed by atoms with E-state index in [-0.39, 0.29) is 12.1 Å². The minimum absolute atomic E-state index is 0.00983. The van der Waals surface area contributed by atoms with Gasteiger partial charge in [-0.25, -0.2) is 4.79 Å². The fourth-order valence-electron chi connectivity index (χ4n) is 2.91. The number of ether oxygens (including phenoxy) is 1. The highest BCUT2D eigenvalue weighted by Gasteiger charge is 2.24. The van der Waals surface area contributed by atoms with Crippen molar-refractivity contribution < 1.29 is 9.53 Å². The summed E-state index contributed by atoms with van der Waals surface area (Å²) in [6.45, 7) is 9.41. The summed E-state index contributed by atoms with van der Waals surface area (Å²) in [7, 11) is 1.82. The highest BCUT2D eigenvalue weighted by molar-refractivity contribution is 5.74. The van der Waals surface area contributed by atoms with Gasteiger partial charge in [0.25, 0.3) is 0 Å². The number of morpholine rings is 1. The molecule has 1 fully saturated rings. The Morgan fingerprint density at radius 1 is 1.48 bits per heavy atom. The molecule has 3 atom stereocenters. The third-order valence-corrected chi connectivity index (χ3v) is 4.62. The molecule has 0 aromatic carbocycles. The minimum atomic E-state index is -0.0536. The topological polar surface area (TPSA) is 57.7 Å². The second-order valence-electron chi connectivity index (χ2n) is 6.26. The summed E-state index contributed by atoms with van der Waals surface area (Å²) in [5.74, 6) is 0. The number of carbonyl (C=O) groups excluding carboxylic acids is 1. The van der Waals surface area contributed by atoms with Crippen molar-refractivity contribution in [3.63, 3.8) is 0 Å². The summed E-state index contributed by atoms with van der Waals surface area (Å²) in [6, 6.07) is 4.52. The van der Waals surface area contributed by atoms with Crippen LogP contribution in [0.5, 0.6) is 0 Å². The molecule has 1 saturated heterocycles. The molecule has 0 bridgehead atoms. The van der Waals surface area contributed by atoms with Gasteiger partial charge in [0, 0.05) is 44.6 Å². The summed E-state index contributed by atoms with van der Waals surface area (Å²) >= 11 is 0. The number of aromatic nitrogens is 1. The van der Waals surface area contributed by atoms with Gasteiger partial charge < -0.3 is 15.0 Å². The molecule has 0 unspecified atom stereocenters. The van der Waals surface area contributed by atoms with Gasteiger partial charge in [0.1, 0.15) is 0 Å². The van der Waals surface area contributed by atoms with E-state index < -0.39 is 0 Å². The Morgan fingerprint density at radius 3 is 2.83 bits per heavy atom. The zero-order valence-corrected chi connectivity index (χ0v) is 14.5. The van der Waals surface area contributed by atoms with Gasteiger partial charge in [0.2, 0.25) is 0 Å². The molecule has 6 heteroatoms. The highest BCUT2D eigenvalue weighted by Crippen LogP contribution is 2.17. The molecular weight excluding hydrogens is 292 g/mol. The van der Waals surface area contributed by atoms with Gasteiger partial charge in [-0.15, -0.1) is 0 Å². The van der Waals surface area contributed by atoms with Crippen LogP contribution >= 0.6 is 0 Å². The first-order valence-electron chi connectivity index (χ1n) is 8.24. The first-order chi connectivity index (χ1) is 11.0. The normalized spacial score (nSPS) is 21.5. The number of hydrogen-bond donors (Lipinski definition) is 1. The van der Waals surface area contributed by atoms with E-state index in [0.29, 0.717) is 18.6 Å². The molecule has 2 rings (SSSR count). The summed E-state index contributed by atoms with van der Waals surface area (Å²) in [4.78, 5) is 20.5. The van der Waals surface area contributed by atoms with E-state index in [1.54, 1.807) is 17.3 Å². The lowest BCUT2D eigenvalue weighted by Crippen LogP contribution is -2.53. The van der Waals surface area contributed by atoms with Crippen LogP contribution in [0.4, 0.5) is 4.79 Å². The van der Waals surface area contributed by atoms with Crippen LogP contribution in [0.1, 0.15) is 32.4 Å². The minimum Gasteiger partial charge on any atom is -0.379 e. The van der Waals surface area contributed by atoms with Crippen LogP contribution in [-0.2, 0) is 4.74 Å². The zero-order valence-electron chi connectivity index (χ0n) is 14.5. The van der Waals surface area contributed by atoms with Crippen LogP contribution in [0.15, 0.2) is 24.5 Å². The van der Waals surface area contributed by atoms with Crippen molar-refractivity contribution in [3.8, 4) is 0 Å². The molecule has 0 aliphatic carbocycles. The molecule has 0 saturated carbocycles. The van der Waals surface area contributed by atoms with Gasteiger partial charge >= 0.3 is 6.03 Å². The Hall–Kier alpha value is -1.66. The molecule has 1 aromatic rings. The monoisotopic (exact) mass is 320 g/mol. The summed E-state index contributed by atoms with van der Waals surface area (Å²) in [5.41, 5.74) is 1.08. The molecule has 128 valence electrons. The highest BCUT2D eigenvalue weighted by atomic mass is 16.5. The Bertz CT molecular complexity index is 497.